The minimum absolute atomic E-state index is 0.177. The highest BCUT2D eigenvalue weighted by Gasteiger charge is 2.04. The van der Waals surface area contributed by atoms with Crippen LogP contribution in [0.3, 0.4) is 0 Å². The van der Waals surface area contributed by atoms with Crippen LogP contribution in [0.5, 0.6) is 0 Å². The second-order valence-electron chi connectivity index (χ2n) is 5.63. The molecule has 3 N–H and O–H groups in total. The minimum atomic E-state index is -0.993. The average Bonchev–Trinajstić information content (AvgIpc) is 2.64. The third-order valence-corrected chi connectivity index (χ3v) is 3.37. The van der Waals surface area contributed by atoms with Gasteiger partial charge in [0.1, 0.15) is 0 Å². The van der Waals surface area contributed by atoms with Gasteiger partial charge >= 0.3 is 5.97 Å². The Morgan fingerprint density at radius 3 is 2.07 bits per heavy atom. The highest BCUT2D eigenvalue weighted by atomic mass is 16.4. The van der Waals surface area contributed by atoms with Crippen LogP contribution in [0.4, 0.5) is 11.4 Å². The van der Waals surface area contributed by atoms with Crippen LogP contribution in [0.15, 0.2) is 73.3 Å². The van der Waals surface area contributed by atoms with Crippen molar-refractivity contribution in [2.24, 2.45) is 0 Å². The van der Waals surface area contributed by atoms with Crippen LogP contribution in [-0.4, -0.2) is 22.9 Å². The van der Waals surface area contributed by atoms with Crippen LogP contribution in [-0.2, 0) is 9.59 Å². The lowest BCUT2D eigenvalue weighted by Gasteiger charge is -2.04. The van der Waals surface area contributed by atoms with Gasteiger partial charge in [-0.1, -0.05) is 31.4 Å². The maximum absolute atomic E-state index is 11.2. The van der Waals surface area contributed by atoms with Gasteiger partial charge in [0.05, 0.1) is 5.56 Å². The topological polar surface area (TPSA) is 95.5 Å². The van der Waals surface area contributed by atoms with E-state index in [0.29, 0.717) is 11.3 Å². The minimum Gasteiger partial charge on any atom is -0.478 e. The summed E-state index contributed by atoms with van der Waals surface area (Å²) in [5, 5.41) is 13.9. The monoisotopic (exact) mass is 366 g/mol. The third kappa shape index (κ3) is 7.39. The SMILES string of the molecule is C=C(C)C(=O)Nc1ccc(C(=O)O)cc1.C=CC(=O)Nc1ccccc1C. The van der Waals surface area contributed by atoms with E-state index in [2.05, 4.69) is 23.8 Å². The molecular formula is C21H22N2O4. The van der Waals surface area contributed by atoms with Crippen molar-refractivity contribution in [1.82, 2.24) is 0 Å². The van der Waals surface area contributed by atoms with Gasteiger partial charge < -0.3 is 15.7 Å². The summed E-state index contributed by atoms with van der Waals surface area (Å²) in [6.07, 6.45) is 1.26. The lowest BCUT2D eigenvalue weighted by atomic mass is 10.2. The van der Waals surface area contributed by atoms with Crippen molar-refractivity contribution >= 4 is 29.2 Å². The summed E-state index contributed by atoms with van der Waals surface area (Å²) >= 11 is 0. The Hall–Kier alpha value is -3.67. The first kappa shape index (κ1) is 21.4. The second-order valence-corrected chi connectivity index (χ2v) is 5.63. The zero-order valence-corrected chi connectivity index (χ0v) is 15.3. The first-order valence-corrected chi connectivity index (χ1v) is 8.04. The molecule has 0 aliphatic carbocycles. The number of nitrogens with one attached hydrogen (secondary N) is 2. The van der Waals surface area contributed by atoms with E-state index in [1.165, 1.54) is 30.3 Å². The quantitative estimate of drug-likeness (QED) is 0.697. The number of carbonyl (C=O) groups is 3. The summed E-state index contributed by atoms with van der Waals surface area (Å²) in [7, 11) is 0. The molecule has 0 fully saturated rings. The van der Waals surface area contributed by atoms with Crippen LogP contribution < -0.4 is 10.6 Å². The Balaban J connectivity index is 0.000000277. The highest BCUT2D eigenvalue weighted by molar-refractivity contribution is 6.03. The Labute approximate surface area is 158 Å². The van der Waals surface area contributed by atoms with Crippen LogP contribution in [0.25, 0.3) is 0 Å². The Morgan fingerprint density at radius 2 is 1.59 bits per heavy atom. The summed E-state index contributed by atoms with van der Waals surface area (Å²) in [4.78, 5) is 32.6. The van der Waals surface area contributed by atoms with Gasteiger partial charge in [0.25, 0.3) is 5.91 Å². The predicted octanol–water partition coefficient (Wildman–Crippen LogP) is 4.02. The number of benzene rings is 2. The smallest absolute Gasteiger partial charge is 0.335 e. The molecule has 0 radical (unpaired) electrons. The largest absolute Gasteiger partial charge is 0.478 e. The van der Waals surface area contributed by atoms with Gasteiger partial charge in [-0.3, -0.25) is 9.59 Å². The maximum Gasteiger partial charge on any atom is 0.335 e. The average molecular weight is 366 g/mol. The summed E-state index contributed by atoms with van der Waals surface area (Å²) in [5.74, 6) is -1.45. The second kappa shape index (κ2) is 10.4. The van der Waals surface area contributed by atoms with Crippen molar-refractivity contribution in [2.45, 2.75) is 13.8 Å². The summed E-state index contributed by atoms with van der Waals surface area (Å²) in [6.45, 7) is 10.4. The molecule has 0 heterocycles. The molecule has 2 aromatic rings. The van der Waals surface area contributed by atoms with Gasteiger partial charge in [0.15, 0.2) is 0 Å². The predicted molar refractivity (Wildman–Crippen MR) is 107 cm³/mol. The standard InChI is InChI=1S/C11H11NO3.C10H11NO/c1-7(2)10(13)12-9-5-3-8(4-6-9)11(14)15;1-3-10(12)11-9-7-5-4-6-8(9)2/h3-6H,1H2,2H3,(H,12,13)(H,14,15);3-7H,1H2,2H3,(H,11,12). The van der Waals surface area contributed by atoms with Crippen molar-refractivity contribution in [1.29, 1.82) is 0 Å². The number of hydrogen-bond acceptors (Lipinski definition) is 3. The van der Waals surface area contributed by atoms with Gasteiger partial charge in [-0.25, -0.2) is 4.79 Å². The Morgan fingerprint density at radius 1 is 1.00 bits per heavy atom. The molecule has 6 heteroatoms. The van der Waals surface area contributed by atoms with Gasteiger partial charge in [0.2, 0.25) is 5.91 Å². The van der Waals surface area contributed by atoms with Gasteiger partial charge in [0, 0.05) is 16.9 Å². The first-order valence-electron chi connectivity index (χ1n) is 8.04. The zero-order valence-electron chi connectivity index (χ0n) is 15.3. The van der Waals surface area contributed by atoms with E-state index in [1.54, 1.807) is 6.92 Å². The molecule has 2 rings (SSSR count). The van der Waals surface area contributed by atoms with E-state index in [0.717, 1.165) is 11.3 Å². The third-order valence-electron chi connectivity index (χ3n) is 3.37. The molecule has 2 aromatic carbocycles. The molecule has 0 unspecified atom stereocenters. The molecule has 0 bridgehead atoms. The molecule has 0 aliphatic heterocycles. The molecule has 6 nitrogen and oxygen atoms in total. The lowest BCUT2D eigenvalue weighted by molar-refractivity contribution is -0.113. The molecule has 0 spiro atoms. The Bertz CT molecular complexity index is 855. The van der Waals surface area contributed by atoms with Gasteiger partial charge in [-0.05, 0) is 55.8 Å². The lowest BCUT2D eigenvalue weighted by Crippen LogP contribution is -2.11. The van der Waals surface area contributed by atoms with Crippen molar-refractivity contribution in [3.63, 3.8) is 0 Å². The number of rotatable bonds is 5. The fourth-order valence-electron chi connectivity index (χ4n) is 1.83. The van der Waals surface area contributed by atoms with E-state index in [-0.39, 0.29) is 17.4 Å². The van der Waals surface area contributed by atoms with Crippen LogP contribution >= 0.6 is 0 Å². The van der Waals surface area contributed by atoms with Crippen molar-refractivity contribution in [3.8, 4) is 0 Å². The molecule has 0 atom stereocenters. The van der Waals surface area contributed by atoms with E-state index in [9.17, 15) is 14.4 Å². The summed E-state index contributed by atoms with van der Waals surface area (Å²) < 4.78 is 0. The molecule has 0 aliphatic rings. The zero-order chi connectivity index (χ0) is 20.4. The van der Waals surface area contributed by atoms with E-state index in [4.69, 9.17) is 5.11 Å². The number of para-hydroxylation sites is 1. The molecule has 27 heavy (non-hydrogen) atoms. The number of aryl methyl sites for hydroxylation is 1. The number of anilines is 2. The highest BCUT2D eigenvalue weighted by Crippen LogP contribution is 2.12. The molecule has 0 saturated heterocycles. The summed E-state index contributed by atoms with van der Waals surface area (Å²) in [5.41, 5.74) is 3.02. The fraction of sp³-hybridized carbons (Fsp3) is 0.0952. The molecular weight excluding hydrogens is 344 g/mol. The van der Waals surface area contributed by atoms with Gasteiger partial charge in [-0.15, -0.1) is 0 Å². The fourth-order valence-corrected chi connectivity index (χ4v) is 1.83. The first-order chi connectivity index (χ1) is 12.7. The molecule has 0 aromatic heterocycles. The van der Waals surface area contributed by atoms with Crippen LogP contribution in [0.2, 0.25) is 0 Å². The van der Waals surface area contributed by atoms with Crippen molar-refractivity contribution < 1.29 is 19.5 Å². The molecule has 2 amide bonds. The summed E-state index contributed by atoms with van der Waals surface area (Å²) in [6, 6.07) is 13.5. The van der Waals surface area contributed by atoms with E-state index < -0.39 is 5.97 Å². The van der Waals surface area contributed by atoms with Crippen LogP contribution in [0, 0.1) is 6.92 Å². The number of hydrogen-bond donors (Lipinski definition) is 3. The molecule has 140 valence electrons. The van der Waals surface area contributed by atoms with E-state index >= 15 is 0 Å². The molecule has 0 saturated carbocycles. The number of aromatic carboxylic acids is 1. The van der Waals surface area contributed by atoms with Gasteiger partial charge in [-0.2, -0.15) is 0 Å². The number of amides is 2. The number of carboxylic acids is 1. The maximum atomic E-state index is 11.2. The number of carbonyl (C=O) groups excluding carboxylic acids is 2. The normalized spacial score (nSPS) is 9.26. The van der Waals surface area contributed by atoms with Crippen molar-refractivity contribution in [3.05, 3.63) is 84.5 Å². The van der Waals surface area contributed by atoms with Crippen LogP contribution in [0.1, 0.15) is 22.8 Å². The Kier molecular flexibility index (Phi) is 8.19. The van der Waals surface area contributed by atoms with Crippen molar-refractivity contribution in [2.75, 3.05) is 10.6 Å². The van der Waals surface area contributed by atoms with E-state index in [1.807, 2.05) is 31.2 Å². The number of carboxylic acid groups (broad SMARTS) is 1.